The highest BCUT2D eigenvalue weighted by molar-refractivity contribution is 7.80. The number of hydrogen-bond acceptors (Lipinski definition) is 3. The predicted molar refractivity (Wildman–Crippen MR) is 89.5 cm³/mol. The number of anilines is 2. The van der Waals surface area contributed by atoms with Gasteiger partial charge in [0.2, 0.25) is 0 Å². The highest BCUT2D eigenvalue weighted by atomic mass is 32.1. The second-order valence-electron chi connectivity index (χ2n) is 5.44. The van der Waals surface area contributed by atoms with E-state index in [9.17, 15) is 8.78 Å². The largest absolute Gasteiger partial charge is 0.330 e. The van der Waals surface area contributed by atoms with Crippen molar-refractivity contribution in [1.29, 1.82) is 0 Å². The Kier molecular flexibility index (Phi) is 4.35. The number of aromatic nitrogens is 1. The number of benzene rings is 1. The molecule has 0 amide bonds. The lowest BCUT2D eigenvalue weighted by Crippen LogP contribution is -2.19. The summed E-state index contributed by atoms with van der Waals surface area (Å²) in [6, 6.07) is 3.30. The number of rotatable bonds is 2. The molecule has 1 aromatic heterocycles. The summed E-state index contributed by atoms with van der Waals surface area (Å²) in [5.41, 5.74) is 1.26. The number of halogens is 2. The Labute approximate surface area is 136 Å². The second kappa shape index (κ2) is 6.26. The number of aryl methyl sites for hydroxylation is 1. The van der Waals surface area contributed by atoms with Crippen LogP contribution in [0.5, 0.6) is 0 Å². The van der Waals surface area contributed by atoms with Crippen molar-refractivity contribution in [3.63, 3.8) is 0 Å². The van der Waals surface area contributed by atoms with E-state index in [4.69, 9.17) is 12.2 Å². The minimum absolute atomic E-state index is 0.133. The number of thiazole rings is 1. The van der Waals surface area contributed by atoms with Crippen LogP contribution in [-0.2, 0) is 12.8 Å². The monoisotopic (exact) mass is 339 g/mol. The van der Waals surface area contributed by atoms with Crippen molar-refractivity contribution >= 4 is 39.5 Å². The van der Waals surface area contributed by atoms with Gasteiger partial charge in [-0.05, 0) is 49.5 Å². The fraction of sp³-hybridized carbons (Fsp3) is 0.333. The number of nitrogens with zero attached hydrogens (tertiary/aromatic N) is 1. The zero-order valence-electron chi connectivity index (χ0n) is 12.0. The molecule has 1 heterocycles. The molecule has 0 saturated heterocycles. The summed E-state index contributed by atoms with van der Waals surface area (Å²) >= 11 is 6.74. The third-order valence-electron chi connectivity index (χ3n) is 3.59. The maximum atomic E-state index is 13.6. The van der Waals surface area contributed by atoms with E-state index >= 15 is 0 Å². The maximum absolute atomic E-state index is 13.6. The minimum Gasteiger partial charge on any atom is -0.330 e. The van der Waals surface area contributed by atoms with Crippen molar-refractivity contribution in [2.75, 3.05) is 10.6 Å². The molecule has 1 atom stereocenters. The van der Waals surface area contributed by atoms with Crippen molar-refractivity contribution < 1.29 is 8.78 Å². The molecule has 2 aromatic rings. The number of fused-ring (bicyclic) bond motifs is 1. The molecule has 3 nitrogen and oxygen atoms in total. The SMILES string of the molecule is CC1CCc2nc(NC(=S)Nc3ccc(F)cc3F)sc2C1. The molecule has 1 aromatic carbocycles. The van der Waals surface area contributed by atoms with Gasteiger partial charge in [-0.3, -0.25) is 0 Å². The first kappa shape index (κ1) is 15.3. The van der Waals surface area contributed by atoms with Crippen LogP contribution in [0.25, 0.3) is 0 Å². The van der Waals surface area contributed by atoms with E-state index in [2.05, 4.69) is 22.5 Å². The topological polar surface area (TPSA) is 37.0 Å². The Balaban J connectivity index is 1.67. The quantitative estimate of drug-likeness (QED) is 0.798. The van der Waals surface area contributed by atoms with Gasteiger partial charge in [-0.1, -0.05) is 6.92 Å². The van der Waals surface area contributed by atoms with E-state index in [1.54, 1.807) is 11.3 Å². The van der Waals surface area contributed by atoms with Crippen LogP contribution in [0.1, 0.15) is 23.9 Å². The van der Waals surface area contributed by atoms with Gasteiger partial charge < -0.3 is 10.6 Å². The molecule has 0 spiro atoms. The van der Waals surface area contributed by atoms with Crippen molar-refractivity contribution in [3.8, 4) is 0 Å². The number of thiocarbonyl (C=S) groups is 1. The summed E-state index contributed by atoms with van der Waals surface area (Å²) in [6.07, 6.45) is 3.18. The lowest BCUT2D eigenvalue weighted by atomic mass is 9.93. The van der Waals surface area contributed by atoms with E-state index in [0.29, 0.717) is 11.0 Å². The Hall–Kier alpha value is -1.60. The molecule has 3 rings (SSSR count). The molecule has 7 heteroatoms. The molecule has 1 aliphatic carbocycles. The molecule has 0 fully saturated rings. The molecule has 22 heavy (non-hydrogen) atoms. The molecule has 0 radical (unpaired) electrons. The van der Waals surface area contributed by atoms with Crippen molar-refractivity contribution in [1.82, 2.24) is 4.98 Å². The van der Waals surface area contributed by atoms with Crippen LogP contribution < -0.4 is 10.6 Å². The standard InChI is InChI=1S/C15H15F2N3S2/c1-8-2-4-12-13(6-8)22-15(19-12)20-14(21)18-11-5-3-9(16)7-10(11)17/h3,5,7-8H,2,4,6H2,1H3,(H2,18,19,20,21). The number of nitrogens with one attached hydrogen (secondary N) is 2. The molecule has 0 saturated carbocycles. The van der Waals surface area contributed by atoms with Crippen LogP contribution in [-0.4, -0.2) is 10.1 Å². The molecule has 0 aliphatic heterocycles. The van der Waals surface area contributed by atoms with Gasteiger partial charge >= 0.3 is 0 Å². The summed E-state index contributed by atoms with van der Waals surface area (Å²) < 4.78 is 26.4. The Morgan fingerprint density at radius 1 is 1.36 bits per heavy atom. The highest BCUT2D eigenvalue weighted by Gasteiger charge is 2.20. The van der Waals surface area contributed by atoms with Gasteiger partial charge in [0.05, 0.1) is 11.4 Å². The van der Waals surface area contributed by atoms with Gasteiger partial charge in [0.15, 0.2) is 10.2 Å². The van der Waals surface area contributed by atoms with E-state index in [1.165, 1.54) is 17.0 Å². The smallest absolute Gasteiger partial charge is 0.189 e. The van der Waals surface area contributed by atoms with Crippen LogP contribution in [0.2, 0.25) is 0 Å². The molecule has 116 valence electrons. The zero-order valence-corrected chi connectivity index (χ0v) is 13.6. The fourth-order valence-electron chi connectivity index (χ4n) is 2.43. The first-order valence-electron chi connectivity index (χ1n) is 7.03. The molecule has 0 bridgehead atoms. The van der Waals surface area contributed by atoms with Crippen molar-refractivity contribution in [2.45, 2.75) is 26.2 Å². The second-order valence-corrected chi connectivity index (χ2v) is 6.93. The highest BCUT2D eigenvalue weighted by Crippen LogP contribution is 2.32. The maximum Gasteiger partial charge on any atom is 0.189 e. The van der Waals surface area contributed by atoms with Gasteiger partial charge in [-0.15, -0.1) is 11.3 Å². The van der Waals surface area contributed by atoms with Gasteiger partial charge in [0, 0.05) is 10.9 Å². The van der Waals surface area contributed by atoms with Crippen LogP contribution in [0.15, 0.2) is 18.2 Å². The Bertz CT molecular complexity index is 715. The summed E-state index contributed by atoms with van der Waals surface area (Å²) in [6.45, 7) is 2.24. The van der Waals surface area contributed by atoms with Gasteiger partial charge in [-0.2, -0.15) is 0 Å². The summed E-state index contributed by atoms with van der Waals surface area (Å²) in [5.74, 6) is -0.626. The van der Waals surface area contributed by atoms with E-state index in [1.807, 2.05) is 0 Å². The zero-order chi connectivity index (χ0) is 15.7. The lowest BCUT2D eigenvalue weighted by molar-refractivity contribution is 0.502. The number of hydrogen-bond donors (Lipinski definition) is 2. The van der Waals surface area contributed by atoms with Crippen LogP contribution in [0.3, 0.4) is 0 Å². The fourth-order valence-corrected chi connectivity index (χ4v) is 3.88. The van der Waals surface area contributed by atoms with E-state index < -0.39 is 11.6 Å². The molecular formula is C15H15F2N3S2. The summed E-state index contributed by atoms with van der Waals surface area (Å²) in [4.78, 5) is 5.82. The molecule has 1 unspecified atom stereocenters. The van der Waals surface area contributed by atoms with E-state index in [0.717, 1.165) is 31.0 Å². The third-order valence-corrected chi connectivity index (χ3v) is 4.83. The van der Waals surface area contributed by atoms with Gasteiger partial charge in [0.25, 0.3) is 0 Å². The molecular weight excluding hydrogens is 324 g/mol. The first-order valence-corrected chi connectivity index (χ1v) is 8.25. The Morgan fingerprint density at radius 2 is 2.18 bits per heavy atom. The van der Waals surface area contributed by atoms with Crippen LogP contribution in [0, 0.1) is 17.6 Å². The normalized spacial score (nSPS) is 17.0. The van der Waals surface area contributed by atoms with Crippen molar-refractivity contribution in [2.24, 2.45) is 5.92 Å². The molecule has 2 N–H and O–H groups in total. The average molecular weight is 339 g/mol. The first-order chi connectivity index (χ1) is 10.5. The average Bonchev–Trinajstić information content (AvgIpc) is 2.83. The minimum atomic E-state index is -0.684. The van der Waals surface area contributed by atoms with Crippen molar-refractivity contribution in [3.05, 3.63) is 40.4 Å². The predicted octanol–water partition coefficient (Wildman–Crippen LogP) is 4.36. The van der Waals surface area contributed by atoms with Crippen LogP contribution >= 0.6 is 23.6 Å². The molecule has 1 aliphatic rings. The van der Waals surface area contributed by atoms with Gasteiger partial charge in [0.1, 0.15) is 11.6 Å². The van der Waals surface area contributed by atoms with Gasteiger partial charge in [-0.25, -0.2) is 13.8 Å². The Morgan fingerprint density at radius 3 is 2.95 bits per heavy atom. The summed E-state index contributed by atoms with van der Waals surface area (Å²) in [7, 11) is 0. The third kappa shape index (κ3) is 3.41. The lowest BCUT2D eigenvalue weighted by Gasteiger charge is -2.15. The summed E-state index contributed by atoms with van der Waals surface area (Å²) in [5, 5.41) is 6.64. The van der Waals surface area contributed by atoms with Crippen LogP contribution in [0.4, 0.5) is 19.6 Å². The van der Waals surface area contributed by atoms with E-state index in [-0.39, 0.29) is 10.8 Å².